The molecule has 0 fully saturated rings. The number of carbonyl (C=O) groups excluding carboxylic acids is 2. The van der Waals surface area contributed by atoms with Gasteiger partial charge in [0.25, 0.3) is 5.91 Å². The van der Waals surface area contributed by atoms with Crippen molar-refractivity contribution in [2.75, 3.05) is 17.7 Å². The largest absolute Gasteiger partial charge is 0.497 e. The number of aryl methyl sites for hydroxylation is 1. The van der Waals surface area contributed by atoms with Gasteiger partial charge in [0, 0.05) is 22.7 Å². The predicted octanol–water partition coefficient (Wildman–Crippen LogP) is 5.18. The lowest BCUT2D eigenvalue weighted by Crippen LogP contribution is -2.19. The number of anilines is 2. The molecule has 6 heteroatoms. The highest BCUT2D eigenvalue weighted by Gasteiger charge is 2.15. The molecule has 1 aromatic heterocycles. The molecule has 0 unspecified atom stereocenters. The maximum Gasteiger partial charge on any atom is 0.257 e. The van der Waals surface area contributed by atoms with E-state index in [1.54, 1.807) is 61.9 Å². The van der Waals surface area contributed by atoms with E-state index >= 15 is 0 Å². The van der Waals surface area contributed by atoms with Crippen LogP contribution < -0.4 is 15.4 Å². The normalized spacial score (nSPS) is 10.6. The number of rotatable bonds is 6. The molecule has 0 saturated carbocycles. The van der Waals surface area contributed by atoms with Crippen molar-refractivity contribution < 1.29 is 18.7 Å². The quantitative estimate of drug-likeness (QED) is 0.455. The first-order chi connectivity index (χ1) is 15.0. The van der Waals surface area contributed by atoms with Gasteiger partial charge in [-0.15, -0.1) is 0 Å². The third kappa shape index (κ3) is 4.59. The number of methoxy groups -OCH3 is 1. The van der Waals surface area contributed by atoms with Crippen LogP contribution in [0.5, 0.6) is 5.75 Å². The monoisotopic (exact) mass is 414 g/mol. The Balaban J connectivity index is 1.49. The van der Waals surface area contributed by atoms with Gasteiger partial charge in [0.15, 0.2) is 0 Å². The first kappa shape index (κ1) is 20.2. The minimum Gasteiger partial charge on any atom is -0.497 e. The van der Waals surface area contributed by atoms with Crippen LogP contribution in [-0.4, -0.2) is 18.9 Å². The Bertz CT molecular complexity index is 1260. The molecule has 0 aliphatic carbocycles. The standard InChI is InChI=1S/C25H22N2O4/c1-16-10-11-20-17(15-31-23(20)12-16)13-24(28)27-22-9-4-3-8-21(22)25(29)26-18-6-5-7-19(14-18)30-2/h3-12,14-15H,13H2,1-2H3,(H,26,29)(H,27,28). The number of amides is 2. The van der Waals surface area contributed by atoms with E-state index in [9.17, 15) is 9.59 Å². The third-order valence-electron chi connectivity index (χ3n) is 4.94. The van der Waals surface area contributed by atoms with Gasteiger partial charge < -0.3 is 19.8 Å². The zero-order valence-corrected chi connectivity index (χ0v) is 17.3. The fourth-order valence-corrected chi connectivity index (χ4v) is 3.38. The SMILES string of the molecule is COc1cccc(NC(=O)c2ccccc2NC(=O)Cc2coc3cc(C)ccc23)c1. The summed E-state index contributed by atoms with van der Waals surface area (Å²) >= 11 is 0. The molecule has 4 aromatic rings. The number of hydrogen-bond donors (Lipinski definition) is 2. The van der Waals surface area contributed by atoms with Gasteiger partial charge in [0.1, 0.15) is 11.3 Å². The van der Waals surface area contributed by atoms with Crippen molar-refractivity contribution in [1.82, 2.24) is 0 Å². The van der Waals surface area contributed by atoms with E-state index < -0.39 is 0 Å². The van der Waals surface area contributed by atoms with Gasteiger partial charge in [-0.3, -0.25) is 9.59 Å². The molecule has 0 radical (unpaired) electrons. The number of fused-ring (bicyclic) bond motifs is 1. The van der Waals surface area contributed by atoms with Crippen LogP contribution in [0.3, 0.4) is 0 Å². The Labute approximate surface area is 179 Å². The molecule has 156 valence electrons. The van der Waals surface area contributed by atoms with E-state index in [2.05, 4.69) is 10.6 Å². The second kappa shape index (κ2) is 8.75. The summed E-state index contributed by atoms with van der Waals surface area (Å²) in [5.74, 6) is 0.0835. The minimum absolute atomic E-state index is 0.141. The van der Waals surface area contributed by atoms with Crippen molar-refractivity contribution in [3.05, 3.63) is 89.7 Å². The van der Waals surface area contributed by atoms with Crippen molar-refractivity contribution in [1.29, 1.82) is 0 Å². The second-order valence-electron chi connectivity index (χ2n) is 7.22. The number of hydrogen-bond acceptors (Lipinski definition) is 4. The first-order valence-electron chi connectivity index (χ1n) is 9.84. The zero-order valence-electron chi connectivity index (χ0n) is 17.3. The minimum atomic E-state index is -0.326. The van der Waals surface area contributed by atoms with Crippen LogP contribution in [0, 0.1) is 6.92 Å². The molecule has 3 aromatic carbocycles. The summed E-state index contributed by atoms with van der Waals surface area (Å²) in [6.45, 7) is 1.99. The lowest BCUT2D eigenvalue weighted by atomic mass is 10.1. The average Bonchev–Trinajstić information content (AvgIpc) is 3.15. The van der Waals surface area contributed by atoms with Crippen LogP contribution in [0.25, 0.3) is 11.0 Å². The van der Waals surface area contributed by atoms with Crippen molar-refractivity contribution in [3.63, 3.8) is 0 Å². The van der Waals surface area contributed by atoms with Crippen molar-refractivity contribution in [2.45, 2.75) is 13.3 Å². The van der Waals surface area contributed by atoms with Crippen molar-refractivity contribution >= 4 is 34.2 Å². The summed E-state index contributed by atoms with van der Waals surface area (Å²) in [4.78, 5) is 25.5. The van der Waals surface area contributed by atoms with E-state index in [1.807, 2.05) is 25.1 Å². The van der Waals surface area contributed by atoms with Gasteiger partial charge >= 0.3 is 0 Å². The van der Waals surface area contributed by atoms with Gasteiger partial charge in [-0.2, -0.15) is 0 Å². The molecule has 0 bridgehead atoms. The number of furan rings is 1. The Morgan fingerprint density at radius 1 is 0.968 bits per heavy atom. The summed E-state index contributed by atoms with van der Waals surface area (Å²) in [5, 5.41) is 6.59. The summed E-state index contributed by atoms with van der Waals surface area (Å²) in [5.41, 5.74) is 4.05. The molecule has 6 nitrogen and oxygen atoms in total. The predicted molar refractivity (Wildman–Crippen MR) is 121 cm³/mol. The van der Waals surface area contributed by atoms with Crippen LogP contribution in [0.2, 0.25) is 0 Å². The number of benzene rings is 3. The second-order valence-corrected chi connectivity index (χ2v) is 7.22. The number of carbonyl (C=O) groups is 2. The fourth-order valence-electron chi connectivity index (χ4n) is 3.38. The van der Waals surface area contributed by atoms with Crippen LogP contribution in [-0.2, 0) is 11.2 Å². The summed E-state index contributed by atoms with van der Waals surface area (Å²) in [6, 6.07) is 19.9. The highest BCUT2D eigenvalue weighted by atomic mass is 16.5. The Morgan fingerprint density at radius 2 is 1.81 bits per heavy atom. The van der Waals surface area contributed by atoms with E-state index in [0.717, 1.165) is 22.1 Å². The summed E-state index contributed by atoms with van der Waals surface area (Å²) < 4.78 is 10.8. The molecule has 0 aliphatic heterocycles. The lowest BCUT2D eigenvalue weighted by molar-refractivity contribution is -0.115. The van der Waals surface area contributed by atoms with Gasteiger partial charge in [-0.1, -0.05) is 30.3 Å². The number of nitrogens with one attached hydrogen (secondary N) is 2. The smallest absolute Gasteiger partial charge is 0.257 e. The van der Waals surface area contributed by atoms with Crippen LogP contribution >= 0.6 is 0 Å². The maximum atomic E-state index is 12.8. The maximum absolute atomic E-state index is 12.8. The Kier molecular flexibility index (Phi) is 5.71. The Hall–Kier alpha value is -4.06. The number of para-hydroxylation sites is 1. The lowest BCUT2D eigenvalue weighted by Gasteiger charge is -2.12. The van der Waals surface area contributed by atoms with Gasteiger partial charge in [-0.25, -0.2) is 0 Å². The molecular weight excluding hydrogens is 392 g/mol. The van der Waals surface area contributed by atoms with Gasteiger partial charge in [0.05, 0.1) is 31.0 Å². The zero-order chi connectivity index (χ0) is 21.8. The Morgan fingerprint density at radius 3 is 2.65 bits per heavy atom. The summed E-state index contributed by atoms with van der Waals surface area (Å²) in [7, 11) is 1.57. The molecule has 1 heterocycles. The van der Waals surface area contributed by atoms with Crippen LogP contribution in [0.4, 0.5) is 11.4 Å². The van der Waals surface area contributed by atoms with Crippen LogP contribution in [0.1, 0.15) is 21.5 Å². The van der Waals surface area contributed by atoms with Gasteiger partial charge in [0.2, 0.25) is 5.91 Å². The van der Waals surface area contributed by atoms with Crippen molar-refractivity contribution in [2.24, 2.45) is 0 Å². The van der Waals surface area contributed by atoms with E-state index in [-0.39, 0.29) is 18.2 Å². The molecule has 31 heavy (non-hydrogen) atoms. The third-order valence-corrected chi connectivity index (χ3v) is 4.94. The van der Waals surface area contributed by atoms with Gasteiger partial charge in [-0.05, 0) is 42.8 Å². The summed E-state index contributed by atoms with van der Waals surface area (Å²) in [6.07, 6.45) is 1.74. The molecular formula is C25H22N2O4. The van der Waals surface area contributed by atoms with E-state index in [1.165, 1.54) is 0 Å². The highest BCUT2D eigenvalue weighted by molar-refractivity contribution is 6.10. The topological polar surface area (TPSA) is 80.6 Å². The fraction of sp³-hybridized carbons (Fsp3) is 0.120. The number of ether oxygens (including phenoxy) is 1. The molecule has 0 spiro atoms. The first-order valence-corrected chi connectivity index (χ1v) is 9.84. The van der Waals surface area contributed by atoms with E-state index in [4.69, 9.17) is 9.15 Å². The van der Waals surface area contributed by atoms with E-state index in [0.29, 0.717) is 22.7 Å². The molecule has 0 atom stereocenters. The average molecular weight is 414 g/mol. The molecule has 0 aliphatic rings. The molecule has 0 saturated heterocycles. The van der Waals surface area contributed by atoms with Crippen LogP contribution in [0.15, 0.2) is 77.4 Å². The van der Waals surface area contributed by atoms with Crippen molar-refractivity contribution in [3.8, 4) is 5.75 Å². The highest BCUT2D eigenvalue weighted by Crippen LogP contribution is 2.24. The molecule has 2 amide bonds. The molecule has 4 rings (SSSR count). The molecule has 2 N–H and O–H groups in total.